The smallest absolute Gasteiger partial charge is 0.235 e. The minimum atomic E-state index is -0.360. The van der Waals surface area contributed by atoms with Crippen LogP contribution in [0.2, 0.25) is 0 Å². The van der Waals surface area contributed by atoms with Gasteiger partial charge in [0, 0.05) is 56.3 Å². The van der Waals surface area contributed by atoms with Crippen molar-refractivity contribution in [1.29, 1.82) is 0 Å². The van der Waals surface area contributed by atoms with Crippen LogP contribution < -0.4 is 10.2 Å². The van der Waals surface area contributed by atoms with E-state index in [0.29, 0.717) is 12.8 Å². The quantitative estimate of drug-likeness (QED) is 0.624. The van der Waals surface area contributed by atoms with Gasteiger partial charge >= 0.3 is 0 Å². The Morgan fingerprint density at radius 2 is 1.77 bits per heavy atom. The zero-order valence-electron chi connectivity index (χ0n) is 21.7. The minimum absolute atomic E-state index is 0.190. The molecule has 190 valence electrons. The van der Waals surface area contributed by atoms with E-state index in [9.17, 15) is 9.59 Å². The van der Waals surface area contributed by atoms with E-state index in [0.717, 1.165) is 48.7 Å². The van der Waals surface area contributed by atoms with Gasteiger partial charge in [-0.3, -0.25) is 24.5 Å². The summed E-state index contributed by atoms with van der Waals surface area (Å²) in [6.45, 7) is 9.09. The van der Waals surface area contributed by atoms with Crippen molar-refractivity contribution in [1.82, 2.24) is 20.0 Å². The van der Waals surface area contributed by atoms with E-state index >= 15 is 0 Å². The first-order valence-corrected chi connectivity index (χ1v) is 13.6. The number of nitrogens with one attached hydrogen (secondary N) is 1. The van der Waals surface area contributed by atoms with E-state index in [-0.39, 0.29) is 23.3 Å². The van der Waals surface area contributed by atoms with Crippen LogP contribution in [0, 0.1) is 5.92 Å². The fraction of sp³-hybridized carbons (Fsp3) is 0.679. The molecule has 2 amide bonds. The molecule has 5 rings (SSSR count). The lowest BCUT2D eigenvalue weighted by molar-refractivity contribution is -0.134. The molecular formula is C28H41N5O2. The number of carbonyl (C=O) groups excluding carboxylic acids is 2. The van der Waals surface area contributed by atoms with Gasteiger partial charge in [-0.1, -0.05) is 32.1 Å². The number of hydrogen-bond acceptors (Lipinski definition) is 5. The number of rotatable bonds is 6. The molecule has 35 heavy (non-hydrogen) atoms. The Morgan fingerprint density at radius 3 is 2.49 bits per heavy atom. The van der Waals surface area contributed by atoms with Crippen LogP contribution in [-0.2, 0) is 16.6 Å². The van der Waals surface area contributed by atoms with Gasteiger partial charge in [0.1, 0.15) is 0 Å². The van der Waals surface area contributed by atoms with E-state index in [1.807, 2.05) is 11.7 Å². The monoisotopic (exact) mass is 479 g/mol. The Hall–Kier alpha value is -2.41. The van der Waals surface area contributed by atoms with Gasteiger partial charge < -0.3 is 4.90 Å². The maximum Gasteiger partial charge on any atom is 0.235 e. The van der Waals surface area contributed by atoms with E-state index in [1.54, 1.807) is 0 Å². The van der Waals surface area contributed by atoms with Crippen LogP contribution in [0.25, 0.3) is 10.9 Å². The van der Waals surface area contributed by atoms with Gasteiger partial charge in [0.25, 0.3) is 0 Å². The molecule has 7 heteroatoms. The fourth-order valence-corrected chi connectivity index (χ4v) is 6.44. The number of hydrogen-bond donors (Lipinski definition) is 1. The van der Waals surface area contributed by atoms with Crippen LogP contribution in [0.4, 0.5) is 5.69 Å². The highest BCUT2D eigenvalue weighted by molar-refractivity contribution is 6.02. The number of piperidine rings is 1. The average Bonchev–Trinajstić information content (AvgIpc) is 3.19. The summed E-state index contributed by atoms with van der Waals surface area (Å²) in [5, 5.41) is 8.17. The highest BCUT2D eigenvalue weighted by Gasteiger charge is 2.33. The van der Waals surface area contributed by atoms with Gasteiger partial charge in [0.2, 0.25) is 11.8 Å². The van der Waals surface area contributed by atoms with Crippen molar-refractivity contribution < 1.29 is 9.59 Å². The molecule has 2 aromatic rings. The van der Waals surface area contributed by atoms with Crippen molar-refractivity contribution >= 4 is 28.4 Å². The van der Waals surface area contributed by atoms with Crippen LogP contribution >= 0.6 is 0 Å². The van der Waals surface area contributed by atoms with Crippen molar-refractivity contribution in [3.05, 3.63) is 23.9 Å². The van der Waals surface area contributed by atoms with E-state index in [1.165, 1.54) is 50.6 Å². The number of carbonyl (C=O) groups is 2. The van der Waals surface area contributed by atoms with Crippen molar-refractivity contribution in [2.75, 3.05) is 31.1 Å². The van der Waals surface area contributed by atoms with Crippen molar-refractivity contribution in [2.24, 2.45) is 13.0 Å². The normalized spacial score (nSPS) is 23.2. The highest BCUT2D eigenvalue weighted by atomic mass is 16.2. The molecule has 0 bridgehead atoms. The first kappa shape index (κ1) is 24.3. The molecule has 1 saturated carbocycles. The van der Waals surface area contributed by atoms with Crippen molar-refractivity contribution in [3.8, 4) is 0 Å². The topological polar surface area (TPSA) is 70.5 Å². The van der Waals surface area contributed by atoms with Gasteiger partial charge in [0.05, 0.1) is 17.1 Å². The molecule has 1 atom stereocenters. The molecule has 1 aromatic heterocycles. The minimum Gasteiger partial charge on any atom is -0.369 e. The van der Waals surface area contributed by atoms with Crippen molar-refractivity contribution in [2.45, 2.75) is 83.1 Å². The second-order valence-electron chi connectivity index (χ2n) is 11.5. The zero-order valence-corrected chi connectivity index (χ0v) is 21.7. The third kappa shape index (κ3) is 5.11. The molecule has 0 spiro atoms. The number of anilines is 1. The standard InChI is InChI=1S/C28H41N5O2/c1-28(2,14-13-20-7-5-4-6-8-20)33-17-15-32(16-18-33)21-9-10-22-24(19-21)31(3)30-26(22)23-11-12-25(34)29-27(23)35/h9-10,19-20,23H,4-8,11-18H2,1-3H3,(H,29,34,35). The summed E-state index contributed by atoms with van der Waals surface area (Å²) >= 11 is 0. The predicted octanol–water partition coefficient (Wildman–Crippen LogP) is 4.35. The summed E-state index contributed by atoms with van der Waals surface area (Å²) in [4.78, 5) is 29.2. The summed E-state index contributed by atoms with van der Waals surface area (Å²) in [5.74, 6) is 0.166. The highest BCUT2D eigenvalue weighted by Crippen LogP contribution is 2.34. The summed E-state index contributed by atoms with van der Waals surface area (Å²) in [6.07, 6.45) is 10.7. The van der Waals surface area contributed by atoms with E-state index in [4.69, 9.17) is 5.10 Å². The SMILES string of the molecule is Cn1nc(C2CCC(=O)NC2=O)c2ccc(N3CCN(C(C)(C)CCC4CCCCC4)CC3)cc21. The fourth-order valence-electron chi connectivity index (χ4n) is 6.44. The molecule has 7 nitrogen and oxygen atoms in total. The maximum absolute atomic E-state index is 12.4. The van der Waals surface area contributed by atoms with Crippen molar-refractivity contribution in [3.63, 3.8) is 0 Å². The number of benzene rings is 1. The predicted molar refractivity (Wildman–Crippen MR) is 140 cm³/mol. The zero-order chi connectivity index (χ0) is 24.6. The second-order valence-corrected chi connectivity index (χ2v) is 11.5. The molecule has 3 fully saturated rings. The first-order chi connectivity index (χ1) is 16.8. The molecule has 1 N–H and O–H groups in total. The maximum atomic E-state index is 12.4. The lowest BCUT2D eigenvalue weighted by atomic mass is 9.82. The number of fused-ring (bicyclic) bond motifs is 1. The number of nitrogens with zero attached hydrogens (tertiary/aromatic N) is 4. The number of amides is 2. The van der Waals surface area contributed by atoms with E-state index in [2.05, 4.69) is 47.2 Å². The Bertz CT molecular complexity index is 1080. The van der Waals surface area contributed by atoms with Crippen LogP contribution in [0.1, 0.15) is 83.2 Å². The van der Waals surface area contributed by atoms with E-state index < -0.39 is 0 Å². The summed E-state index contributed by atoms with van der Waals surface area (Å²) in [6, 6.07) is 6.49. The van der Waals surface area contributed by atoms with Gasteiger partial charge in [-0.25, -0.2) is 0 Å². The molecule has 2 aliphatic heterocycles. The largest absolute Gasteiger partial charge is 0.369 e. The molecule has 1 unspecified atom stereocenters. The third-order valence-corrected chi connectivity index (χ3v) is 8.82. The Balaban J connectivity index is 1.23. The summed E-state index contributed by atoms with van der Waals surface area (Å²) < 4.78 is 1.88. The number of aromatic nitrogens is 2. The second kappa shape index (κ2) is 9.92. The van der Waals surface area contributed by atoms with Gasteiger partial charge in [0.15, 0.2) is 0 Å². The molecule has 1 aliphatic carbocycles. The van der Waals surface area contributed by atoms with Crippen LogP contribution in [0.3, 0.4) is 0 Å². The molecule has 0 radical (unpaired) electrons. The Kier molecular flexibility index (Phi) is 6.88. The Labute approximate surface area is 209 Å². The third-order valence-electron chi connectivity index (χ3n) is 8.82. The summed E-state index contributed by atoms with van der Waals surface area (Å²) in [5.41, 5.74) is 3.29. The molecule has 1 aromatic carbocycles. The Morgan fingerprint density at radius 1 is 1.03 bits per heavy atom. The van der Waals surface area contributed by atoms with Gasteiger partial charge in [-0.05, 0) is 57.2 Å². The number of piperazine rings is 1. The summed E-state index contributed by atoms with van der Waals surface area (Å²) in [7, 11) is 1.94. The average molecular weight is 480 g/mol. The van der Waals surface area contributed by atoms with Crippen LogP contribution in [0.15, 0.2) is 18.2 Å². The van der Waals surface area contributed by atoms with Crippen LogP contribution in [-0.4, -0.2) is 58.2 Å². The molecular weight excluding hydrogens is 438 g/mol. The molecule has 2 saturated heterocycles. The van der Waals surface area contributed by atoms with Crippen LogP contribution in [0.5, 0.6) is 0 Å². The van der Waals surface area contributed by atoms with Gasteiger partial charge in [-0.2, -0.15) is 5.10 Å². The lowest BCUT2D eigenvalue weighted by Gasteiger charge is -2.45. The first-order valence-electron chi connectivity index (χ1n) is 13.6. The lowest BCUT2D eigenvalue weighted by Crippen LogP contribution is -2.54. The number of aryl methyl sites for hydroxylation is 1. The van der Waals surface area contributed by atoms with Gasteiger partial charge in [-0.15, -0.1) is 0 Å². The molecule has 3 aliphatic rings. The number of imide groups is 1. The molecule has 3 heterocycles.